The van der Waals surface area contributed by atoms with Crippen LogP contribution >= 0.6 is 0 Å². The van der Waals surface area contributed by atoms with E-state index in [-0.39, 0.29) is 37.2 Å². The average molecular weight is 305 g/mol. The Morgan fingerprint density at radius 2 is 2.18 bits per heavy atom. The molecule has 1 saturated carbocycles. The van der Waals surface area contributed by atoms with Gasteiger partial charge in [-0.1, -0.05) is 12.8 Å². The Morgan fingerprint density at radius 1 is 1.41 bits per heavy atom. The molecular formula is C14H19N5O3. The van der Waals surface area contributed by atoms with Crippen molar-refractivity contribution in [2.45, 2.75) is 44.8 Å². The predicted molar refractivity (Wildman–Crippen MR) is 79.3 cm³/mol. The van der Waals surface area contributed by atoms with Gasteiger partial charge in [0.2, 0.25) is 5.91 Å². The fraction of sp³-hybridized carbons (Fsp3) is 0.571. The highest BCUT2D eigenvalue weighted by Crippen LogP contribution is 2.17. The second-order valence-corrected chi connectivity index (χ2v) is 5.56. The first kappa shape index (κ1) is 14.7. The molecule has 2 N–H and O–H groups in total. The van der Waals surface area contributed by atoms with Crippen molar-refractivity contribution in [3.8, 4) is 0 Å². The molecule has 0 unspecified atom stereocenters. The molecule has 8 heteroatoms. The van der Waals surface area contributed by atoms with E-state index in [9.17, 15) is 9.59 Å². The summed E-state index contributed by atoms with van der Waals surface area (Å²) in [6, 6.07) is 0.229. The van der Waals surface area contributed by atoms with E-state index < -0.39 is 0 Å². The Hall–Kier alpha value is -2.22. The third kappa shape index (κ3) is 2.87. The number of nitrogens with one attached hydrogen (secondary N) is 1. The van der Waals surface area contributed by atoms with Crippen molar-refractivity contribution in [3.63, 3.8) is 0 Å². The summed E-state index contributed by atoms with van der Waals surface area (Å²) in [6.45, 7) is 0.164. The van der Waals surface area contributed by atoms with Gasteiger partial charge < -0.3 is 10.4 Å². The van der Waals surface area contributed by atoms with Crippen molar-refractivity contribution < 1.29 is 9.90 Å². The molecule has 1 aliphatic carbocycles. The largest absolute Gasteiger partial charge is 0.394 e. The van der Waals surface area contributed by atoms with Crippen LogP contribution in [-0.2, 0) is 17.9 Å². The topological polar surface area (TPSA) is 102 Å². The van der Waals surface area contributed by atoms with Crippen LogP contribution in [-0.4, -0.2) is 43.0 Å². The van der Waals surface area contributed by atoms with E-state index in [0.29, 0.717) is 11.0 Å². The maximum absolute atomic E-state index is 12.3. The van der Waals surface area contributed by atoms with Crippen molar-refractivity contribution in [1.29, 1.82) is 0 Å². The highest BCUT2D eigenvalue weighted by atomic mass is 16.3. The van der Waals surface area contributed by atoms with Crippen molar-refractivity contribution in [3.05, 3.63) is 22.9 Å². The average Bonchev–Trinajstić information content (AvgIpc) is 3.13. The first-order valence-corrected chi connectivity index (χ1v) is 7.50. The van der Waals surface area contributed by atoms with Gasteiger partial charge in [0.15, 0.2) is 5.65 Å². The van der Waals surface area contributed by atoms with Gasteiger partial charge in [-0.2, -0.15) is 5.10 Å². The summed E-state index contributed by atoms with van der Waals surface area (Å²) < 4.78 is 2.76. The lowest BCUT2D eigenvalue weighted by molar-refractivity contribution is -0.122. The minimum Gasteiger partial charge on any atom is -0.394 e. The Labute approximate surface area is 126 Å². The number of aromatic nitrogens is 4. The van der Waals surface area contributed by atoms with Gasteiger partial charge in [-0.3, -0.25) is 14.2 Å². The highest BCUT2D eigenvalue weighted by Gasteiger charge is 2.18. The summed E-state index contributed by atoms with van der Waals surface area (Å²) in [4.78, 5) is 28.5. The van der Waals surface area contributed by atoms with Gasteiger partial charge >= 0.3 is 0 Å². The number of fused-ring (bicyclic) bond motifs is 1. The number of amides is 1. The van der Waals surface area contributed by atoms with E-state index in [2.05, 4.69) is 15.4 Å². The number of carbonyl (C=O) groups excluding carboxylic acids is 1. The molecule has 0 spiro atoms. The fourth-order valence-corrected chi connectivity index (χ4v) is 2.87. The van der Waals surface area contributed by atoms with Gasteiger partial charge in [-0.05, 0) is 12.8 Å². The van der Waals surface area contributed by atoms with Gasteiger partial charge in [0.25, 0.3) is 5.56 Å². The molecule has 2 aromatic rings. The lowest BCUT2D eigenvalue weighted by atomic mass is 10.2. The van der Waals surface area contributed by atoms with E-state index in [4.69, 9.17) is 5.11 Å². The van der Waals surface area contributed by atoms with Gasteiger partial charge in [0, 0.05) is 6.04 Å². The summed E-state index contributed by atoms with van der Waals surface area (Å²) in [5.41, 5.74) is 0.127. The summed E-state index contributed by atoms with van der Waals surface area (Å²) in [7, 11) is 0. The minimum absolute atomic E-state index is 0.0382. The quantitative estimate of drug-likeness (QED) is 0.785. The molecule has 0 aromatic carbocycles. The Morgan fingerprint density at radius 3 is 2.91 bits per heavy atom. The monoisotopic (exact) mass is 305 g/mol. The molecule has 118 valence electrons. The third-order valence-corrected chi connectivity index (χ3v) is 3.97. The number of rotatable bonds is 5. The lowest BCUT2D eigenvalue weighted by Crippen LogP contribution is -2.37. The zero-order valence-electron chi connectivity index (χ0n) is 12.2. The Balaban J connectivity index is 1.77. The van der Waals surface area contributed by atoms with Crippen molar-refractivity contribution in [2.75, 3.05) is 6.61 Å². The van der Waals surface area contributed by atoms with Crippen molar-refractivity contribution in [2.24, 2.45) is 0 Å². The molecule has 0 bridgehead atoms. The molecule has 0 radical (unpaired) electrons. The van der Waals surface area contributed by atoms with Crippen molar-refractivity contribution in [1.82, 2.24) is 24.6 Å². The first-order chi connectivity index (χ1) is 10.7. The second kappa shape index (κ2) is 6.27. The number of hydrogen-bond donors (Lipinski definition) is 2. The van der Waals surface area contributed by atoms with Crippen LogP contribution in [0.3, 0.4) is 0 Å². The highest BCUT2D eigenvalue weighted by molar-refractivity contribution is 5.77. The smallest absolute Gasteiger partial charge is 0.264 e. The molecule has 0 saturated heterocycles. The maximum atomic E-state index is 12.3. The normalized spacial score (nSPS) is 15.5. The van der Waals surface area contributed by atoms with Crippen LogP contribution in [0.4, 0.5) is 0 Å². The SMILES string of the molecule is O=C(Cn1cnc2c(cnn2CCO)c1=O)NC1CCCC1. The molecule has 22 heavy (non-hydrogen) atoms. The summed E-state index contributed by atoms with van der Waals surface area (Å²) in [5, 5.41) is 16.3. The molecule has 1 aliphatic rings. The van der Waals surface area contributed by atoms with Gasteiger partial charge in [0.05, 0.1) is 19.3 Å². The molecule has 1 amide bonds. The third-order valence-electron chi connectivity index (χ3n) is 3.97. The predicted octanol–water partition coefficient (Wildman–Crippen LogP) is -0.356. The molecule has 1 fully saturated rings. The van der Waals surface area contributed by atoms with Crippen LogP contribution in [0, 0.1) is 0 Å². The number of aliphatic hydroxyl groups excluding tert-OH is 1. The number of hydrogen-bond acceptors (Lipinski definition) is 5. The van der Waals surface area contributed by atoms with Crippen LogP contribution < -0.4 is 10.9 Å². The zero-order valence-corrected chi connectivity index (χ0v) is 12.2. The van der Waals surface area contributed by atoms with Crippen molar-refractivity contribution >= 4 is 16.9 Å². The number of nitrogens with zero attached hydrogens (tertiary/aromatic N) is 4. The lowest BCUT2D eigenvalue weighted by Gasteiger charge is -2.12. The Bertz CT molecular complexity index is 730. The molecule has 0 atom stereocenters. The molecule has 2 heterocycles. The van der Waals surface area contributed by atoms with Crippen LogP contribution in [0.2, 0.25) is 0 Å². The van der Waals surface area contributed by atoms with E-state index in [0.717, 1.165) is 25.7 Å². The number of carbonyl (C=O) groups is 1. The van der Waals surface area contributed by atoms with E-state index in [1.807, 2.05) is 0 Å². The van der Waals surface area contributed by atoms with E-state index in [1.54, 1.807) is 0 Å². The molecule has 2 aromatic heterocycles. The van der Waals surface area contributed by atoms with Crippen LogP contribution in [0.15, 0.2) is 17.3 Å². The zero-order chi connectivity index (χ0) is 15.5. The second-order valence-electron chi connectivity index (χ2n) is 5.56. The van der Waals surface area contributed by atoms with Gasteiger partial charge in [0.1, 0.15) is 18.3 Å². The van der Waals surface area contributed by atoms with Crippen LogP contribution in [0.1, 0.15) is 25.7 Å². The fourth-order valence-electron chi connectivity index (χ4n) is 2.87. The molecule has 0 aliphatic heterocycles. The van der Waals surface area contributed by atoms with Crippen LogP contribution in [0.5, 0.6) is 0 Å². The van der Waals surface area contributed by atoms with Gasteiger partial charge in [-0.15, -0.1) is 0 Å². The first-order valence-electron chi connectivity index (χ1n) is 7.50. The summed E-state index contributed by atoms with van der Waals surface area (Å²) in [6.07, 6.45) is 7.07. The summed E-state index contributed by atoms with van der Waals surface area (Å²) in [5.74, 6) is -0.169. The molecule has 3 rings (SSSR count). The molecule has 8 nitrogen and oxygen atoms in total. The number of aliphatic hydroxyl groups is 1. The van der Waals surface area contributed by atoms with E-state index in [1.165, 1.54) is 21.8 Å². The Kier molecular flexibility index (Phi) is 4.19. The molecular weight excluding hydrogens is 286 g/mol. The van der Waals surface area contributed by atoms with E-state index >= 15 is 0 Å². The summed E-state index contributed by atoms with van der Waals surface area (Å²) >= 11 is 0. The standard InChI is InChI=1S/C14H19N5O3/c20-6-5-19-13-11(7-16-19)14(22)18(9-15-13)8-12(21)17-10-3-1-2-4-10/h7,9-10,20H,1-6,8H2,(H,17,21). The van der Waals surface area contributed by atoms with Crippen LogP contribution in [0.25, 0.3) is 11.0 Å². The van der Waals surface area contributed by atoms with Gasteiger partial charge in [-0.25, -0.2) is 9.67 Å². The maximum Gasteiger partial charge on any atom is 0.264 e. The minimum atomic E-state index is -0.296.